The molecule has 0 aromatic rings. The second-order valence-electron chi connectivity index (χ2n) is 4.28. The van der Waals surface area contributed by atoms with E-state index in [1.165, 1.54) is 0 Å². The molecule has 0 aromatic heterocycles. The van der Waals surface area contributed by atoms with Gasteiger partial charge in [0.2, 0.25) is 0 Å². The molecule has 0 bridgehead atoms. The first kappa shape index (κ1) is 15.0. The van der Waals surface area contributed by atoms with E-state index in [0.29, 0.717) is 17.4 Å². The van der Waals surface area contributed by atoms with E-state index in [0.717, 1.165) is 5.75 Å². The summed E-state index contributed by atoms with van der Waals surface area (Å²) in [5.74, 6) is 1.70. The third-order valence-corrected chi connectivity index (χ3v) is 6.22. The average Bonchev–Trinajstić information content (AvgIpc) is 2.28. The first-order chi connectivity index (χ1) is 7.88. The summed E-state index contributed by atoms with van der Waals surface area (Å²) in [5.41, 5.74) is 0. The van der Waals surface area contributed by atoms with E-state index >= 15 is 0 Å². The van der Waals surface area contributed by atoms with E-state index in [9.17, 15) is 8.42 Å². The summed E-state index contributed by atoms with van der Waals surface area (Å²) in [6.07, 6.45) is 0. The molecule has 4 nitrogen and oxygen atoms in total. The van der Waals surface area contributed by atoms with E-state index in [1.807, 2.05) is 18.7 Å². The molecule has 1 unspecified atom stereocenters. The predicted octanol–water partition coefficient (Wildman–Crippen LogP) is 1.08. The van der Waals surface area contributed by atoms with Gasteiger partial charge >= 0.3 is 0 Å². The first-order valence-electron chi connectivity index (χ1n) is 5.75. The summed E-state index contributed by atoms with van der Waals surface area (Å²) in [7, 11) is -3.07. The Kier molecular flexibility index (Phi) is 5.53. The van der Waals surface area contributed by atoms with E-state index < -0.39 is 15.2 Å². The molecule has 1 atom stereocenters. The van der Waals surface area contributed by atoms with Crippen LogP contribution in [0, 0.1) is 0 Å². The van der Waals surface area contributed by atoms with Gasteiger partial charge in [-0.3, -0.25) is 0 Å². The molecule has 0 aliphatic carbocycles. The maximum Gasteiger partial charge on any atom is 0.171 e. The standard InChI is InChI=1S/C10H20N2O2S3/c1-4-17(13,14)9-7-16-6-5-12(9)10(15)11-8(2)3/h8-9H,4-7H2,1-3H3,(H,11,15). The molecule has 17 heavy (non-hydrogen) atoms. The maximum atomic E-state index is 12.0. The first-order valence-corrected chi connectivity index (χ1v) is 9.02. The lowest BCUT2D eigenvalue weighted by molar-refractivity contribution is 0.399. The van der Waals surface area contributed by atoms with Crippen LogP contribution in [-0.2, 0) is 9.84 Å². The highest BCUT2D eigenvalue weighted by molar-refractivity contribution is 8.01. The van der Waals surface area contributed by atoms with Crippen molar-refractivity contribution >= 4 is 38.9 Å². The lowest BCUT2D eigenvalue weighted by Crippen LogP contribution is -2.54. The summed E-state index contributed by atoms with van der Waals surface area (Å²) in [6.45, 7) is 6.38. The van der Waals surface area contributed by atoms with Gasteiger partial charge in [-0.15, -0.1) is 0 Å². The molecule has 1 rings (SSSR count). The second kappa shape index (κ2) is 6.24. The zero-order chi connectivity index (χ0) is 13.1. The molecule has 7 heteroatoms. The van der Waals surface area contributed by atoms with Crippen LogP contribution in [0.4, 0.5) is 0 Å². The van der Waals surface area contributed by atoms with Crippen LogP contribution in [0.1, 0.15) is 20.8 Å². The Hall–Kier alpha value is -0.0100. The van der Waals surface area contributed by atoms with Crippen LogP contribution in [0.25, 0.3) is 0 Å². The molecule has 1 saturated heterocycles. The minimum Gasteiger partial charge on any atom is -0.360 e. The van der Waals surface area contributed by atoms with Crippen molar-refractivity contribution in [3.05, 3.63) is 0 Å². The van der Waals surface area contributed by atoms with Gasteiger partial charge in [0.1, 0.15) is 5.37 Å². The Morgan fingerprint density at radius 2 is 2.24 bits per heavy atom. The number of rotatable bonds is 3. The van der Waals surface area contributed by atoms with E-state index in [2.05, 4.69) is 5.32 Å². The highest BCUT2D eigenvalue weighted by Crippen LogP contribution is 2.21. The third-order valence-electron chi connectivity index (χ3n) is 2.57. The van der Waals surface area contributed by atoms with Gasteiger partial charge in [0, 0.05) is 29.8 Å². The Balaban J connectivity index is 2.83. The third kappa shape index (κ3) is 3.99. The van der Waals surface area contributed by atoms with Gasteiger partial charge in [-0.05, 0) is 26.1 Å². The summed E-state index contributed by atoms with van der Waals surface area (Å²) in [6, 6.07) is 0.224. The number of nitrogens with zero attached hydrogens (tertiary/aromatic N) is 1. The van der Waals surface area contributed by atoms with Gasteiger partial charge in [-0.2, -0.15) is 11.8 Å². The van der Waals surface area contributed by atoms with Crippen LogP contribution < -0.4 is 5.32 Å². The van der Waals surface area contributed by atoms with Gasteiger partial charge in [0.15, 0.2) is 14.9 Å². The quantitative estimate of drug-likeness (QED) is 0.787. The molecule has 1 N–H and O–H groups in total. The molecule has 1 heterocycles. The highest BCUT2D eigenvalue weighted by Gasteiger charge is 2.34. The fourth-order valence-electron chi connectivity index (χ4n) is 1.63. The average molecular weight is 296 g/mol. The van der Waals surface area contributed by atoms with Crippen LogP contribution in [0.2, 0.25) is 0 Å². The normalized spacial score (nSPS) is 21.6. The Labute approximate surface area is 113 Å². The number of sulfone groups is 1. The minimum absolute atomic E-state index is 0.166. The topological polar surface area (TPSA) is 49.4 Å². The minimum atomic E-state index is -3.07. The van der Waals surface area contributed by atoms with Crippen LogP contribution in [0.3, 0.4) is 0 Å². The van der Waals surface area contributed by atoms with Crippen molar-refractivity contribution in [1.82, 2.24) is 10.2 Å². The zero-order valence-corrected chi connectivity index (χ0v) is 12.9. The molecular weight excluding hydrogens is 276 g/mol. The summed E-state index contributed by atoms with van der Waals surface area (Å²) in [5, 5.41) is 3.21. The lowest BCUT2D eigenvalue weighted by atomic mass is 10.4. The second-order valence-corrected chi connectivity index (χ2v) is 8.26. The fraction of sp³-hybridized carbons (Fsp3) is 0.900. The van der Waals surface area contributed by atoms with E-state index in [-0.39, 0.29) is 11.8 Å². The predicted molar refractivity (Wildman–Crippen MR) is 78.1 cm³/mol. The van der Waals surface area contributed by atoms with Gasteiger partial charge in [-0.25, -0.2) is 8.42 Å². The number of hydrogen-bond acceptors (Lipinski definition) is 4. The lowest BCUT2D eigenvalue weighted by Gasteiger charge is -2.37. The van der Waals surface area contributed by atoms with Crippen molar-refractivity contribution in [3.8, 4) is 0 Å². The monoisotopic (exact) mass is 296 g/mol. The van der Waals surface area contributed by atoms with Gasteiger partial charge in [0.25, 0.3) is 0 Å². The molecule has 0 saturated carbocycles. The maximum absolute atomic E-state index is 12.0. The van der Waals surface area contributed by atoms with Crippen molar-refractivity contribution in [2.45, 2.75) is 32.2 Å². The van der Waals surface area contributed by atoms with Crippen LogP contribution in [0.15, 0.2) is 0 Å². The number of nitrogens with one attached hydrogen (secondary N) is 1. The highest BCUT2D eigenvalue weighted by atomic mass is 32.2. The van der Waals surface area contributed by atoms with Crippen molar-refractivity contribution < 1.29 is 8.42 Å². The molecule has 0 aromatic carbocycles. The number of thioether (sulfide) groups is 1. The molecule has 0 amide bonds. The van der Waals surface area contributed by atoms with Crippen LogP contribution in [0.5, 0.6) is 0 Å². The van der Waals surface area contributed by atoms with Crippen LogP contribution in [-0.4, -0.2) is 53.6 Å². The van der Waals surface area contributed by atoms with Gasteiger partial charge in [0.05, 0.1) is 0 Å². The molecule has 1 fully saturated rings. The van der Waals surface area contributed by atoms with Crippen LogP contribution >= 0.6 is 24.0 Å². The SMILES string of the molecule is CCS(=O)(=O)C1CSCCN1C(=S)NC(C)C. The summed E-state index contributed by atoms with van der Waals surface area (Å²) < 4.78 is 24.0. The zero-order valence-electron chi connectivity index (χ0n) is 10.5. The molecule has 1 aliphatic heterocycles. The molecule has 100 valence electrons. The van der Waals surface area contributed by atoms with Crippen molar-refractivity contribution in [3.63, 3.8) is 0 Å². The summed E-state index contributed by atoms with van der Waals surface area (Å²) in [4.78, 5) is 1.82. The number of thiocarbonyl (C=S) groups is 1. The van der Waals surface area contributed by atoms with Gasteiger partial charge < -0.3 is 10.2 Å². The Morgan fingerprint density at radius 1 is 1.59 bits per heavy atom. The molecular formula is C10H20N2O2S3. The van der Waals surface area contributed by atoms with E-state index in [4.69, 9.17) is 12.2 Å². The molecule has 0 radical (unpaired) electrons. The van der Waals surface area contributed by atoms with Crippen molar-refractivity contribution in [2.24, 2.45) is 0 Å². The van der Waals surface area contributed by atoms with Gasteiger partial charge in [-0.1, -0.05) is 6.92 Å². The smallest absolute Gasteiger partial charge is 0.171 e. The summed E-state index contributed by atoms with van der Waals surface area (Å²) >= 11 is 6.96. The van der Waals surface area contributed by atoms with Crippen molar-refractivity contribution in [1.29, 1.82) is 0 Å². The Morgan fingerprint density at radius 3 is 2.76 bits per heavy atom. The largest absolute Gasteiger partial charge is 0.360 e. The molecule has 0 spiro atoms. The Bertz CT molecular complexity index is 368. The fourth-order valence-corrected chi connectivity index (χ4v) is 5.13. The molecule has 1 aliphatic rings. The van der Waals surface area contributed by atoms with E-state index in [1.54, 1.807) is 18.7 Å². The van der Waals surface area contributed by atoms with Crippen molar-refractivity contribution in [2.75, 3.05) is 23.8 Å². The number of hydrogen-bond donors (Lipinski definition) is 1.